The summed E-state index contributed by atoms with van der Waals surface area (Å²) in [6.45, 7) is 0.465. The van der Waals surface area contributed by atoms with Gasteiger partial charge in [0, 0.05) is 24.8 Å². The molecule has 136 valence electrons. The van der Waals surface area contributed by atoms with E-state index in [1.165, 1.54) is 6.20 Å². The largest absolute Gasteiger partial charge is 0.300 e. The number of nitrogens with zero attached hydrogens (tertiary/aromatic N) is 5. The Bertz CT molecular complexity index is 1380. The van der Waals surface area contributed by atoms with E-state index in [4.69, 9.17) is 0 Å². The molecule has 3 aromatic heterocycles. The quantitative estimate of drug-likeness (QED) is 0.490. The van der Waals surface area contributed by atoms with Crippen LogP contribution >= 0.6 is 0 Å². The minimum atomic E-state index is -0.136. The Morgan fingerprint density at radius 2 is 1.86 bits per heavy atom. The number of rotatable bonds is 3. The van der Waals surface area contributed by atoms with Crippen LogP contribution in [0.5, 0.6) is 0 Å². The van der Waals surface area contributed by atoms with Crippen molar-refractivity contribution in [1.82, 2.24) is 24.3 Å². The summed E-state index contributed by atoms with van der Waals surface area (Å²) < 4.78 is 3.53. The lowest BCUT2D eigenvalue weighted by molar-refractivity contribution is 0.780. The molecule has 0 spiro atoms. The fourth-order valence-electron chi connectivity index (χ4n) is 3.53. The third kappa shape index (κ3) is 2.85. The molecule has 0 atom stereocenters. The molecule has 0 radical (unpaired) electrons. The minimum Gasteiger partial charge on any atom is -0.300 e. The molecule has 0 unspecified atom stereocenters. The molecular formula is C22H17N5O. The lowest BCUT2D eigenvalue weighted by Crippen LogP contribution is -2.21. The zero-order valence-electron chi connectivity index (χ0n) is 15.3. The molecule has 5 aromatic rings. The van der Waals surface area contributed by atoms with E-state index in [-0.39, 0.29) is 5.56 Å². The van der Waals surface area contributed by atoms with Gasteiger partial charge in [-0.25, -0.2) is 9.97 Å². The second-order valence-electron chi connectivity index (χ2n) is 6.81. The third-order valence-electron chi connectivity index (χ3n) is 4.84. The smallest absolute Gasteiger partial charge is 0.269 e. The molecule has 5 rings (SSSR count). The van der Waals surface area contributed by atoms with Crippen LogP contribution < -0.4 is 5.56 Å². The second-order valence-corrected chi connectivity index (χ2v) is 6.81. The molecule has 0 aliphatic rings. The van der Waals surface area contributed by atoms with Gasteiger partial charge in [0.1, 0.15) is 0 Å². The van der Waals surface area contributed by atoms with Crippen molar-refractivity contribution in [2.75, 3.05) is 0 Å². The maximum atomic E-state index is 12.4. The first kappa shape index (κ1) is 16.4. The fourth-order valence-corrected chi connectivity index (χ4v) is 3.53. The maximum Gasteiger partial charge on any atom is 0.269 e. The summed E-state index contributed by atoms with van der Waals surface area (Å²) in [5.41, 5.74) is 5.41. The number of hydrogen-bond donors (Lipinski definition) is 0. The first-order chi connectivity index (χ1) is 13.7. The normalized spacial score (nSPS) is 11.3. The van der Waals surface area contributed by atoms with Crippen LogP contribution in [-0.4, -0.2) is 24.3 Å². The molecular weight excluding hydrogens is 350 g/mol. The van der Waals surface area contributed by atoms with Crippen molar-refractivity contribution < 1.29 is 0 Å². The van der Waals surface area contributed by atoms with Crippen LogP contribution in [0.1, 0.15) is 5.56 Å². The predicted molar refractivity (Wildman–Crippen MR) is 109 cm³/mol. The number of aromatic nitrogens is 5. The Morgan fingerprint density at radius 3 is 2.79 bits per heavy atom. The van der Waals surface area contributed by atoms with Crippen LogP contribution in [0.25, 0.3) is 33.2 Å². The number of benzene rings is 2. The Balaban J connectivity index is 1.56. The van der Waals surface area contributed by atoms with E-state index in [0.29, 0.717) is 12.2 Å². The highest BCUT2D eigenvalue weighted by molar-refractivity contribution is 5.84. The molecule has 6 heteroatoms. The summed E-state index contributed by atoms with van der Waals surface area (Å²) in [5.74, 6) is 0. The average molecular weight is 367 g/mol. The molecule has 0 N–H and O–H groups in total. The fraction of sp³-hybridized carbons (Fsp3) is 0.0909. The molecule has 0 saturated heterocycles. The highest BCUT2D eigenvalue weighted by Gasteiger charge is 2.07. The zero-order chi connectivity index (χ0) is 19.1. The van der Waals surface area contributed by atoms with Gasteiger partial charge in [0.2, 0.25) is 0 Å². The van der Waals surface area contributed by atoms with Crippen LogP contribution in [0.2, 0.25) is 0 Å². The number of fused-ring (bicyclic) bond motifs is 2. The van der Waals surface area contributed by atoms with E-state index in [9.17, 15) is 4.79 Å². The van der Waals surface area contributed by atoms with E-state index in [2.05, 4.69) is 39.3 Å². The lowest BCUT2D eigenvalue weighted by Gasteiger charge is -2.10. The average Bonchev–Trinajstić information content (AvgIpc) is 3.09. The molecule has 0 bridgehead atoms. The van der Waals surface area contributed by atoms with Gasteiger partial charge in [-0.2, -0.15) is 5.10 Å². The molecule has 2 aromatic carbocycles. The number of hydrogen-bond acceptors (Lipinski definition) is 4. The second kappa shape index (κ2) is 6.42. The van der Waals surface area contributed by atoms with Crippen molar-refractivity contribution in [3.8, 4) is 11.1 Å². The lowest BCUT2D eigenvalue weighted by atomic mass is 10.0. The van der Waals surface area contributed by atoms with Crippen LogP contribution in [0.4, 0.5) is 0 Å². The molecule has 0 fully saturated rings. The summed E-state index contributed by atoms with van der Waals surface area (Å²) in [5, 5.41) is 5.53. The standard InChI is InChI=1S/C22H17N5O/c1-26-14-18-11-17(7-8-19(18)25-26)16-5-2-4-15(10-16)13-27-20-6-3-9-23-22(20)24-12-21(27)28/h2-12,14H,13H2,1H3. The SMILES string of the molecule is Cn1cc2cc(-c3cccc(Cn4c(=O)cnc5ncccc54)c3)ccc2n1. The number of aryl methyl sites for hydroxylation is 1. The van der Waals surface area contributed by atoms with Gasteiger partial charge in [-0.05, 0) is 47.0 Å². The van der Waals surface area contributed by atoms with E-state index in [1.54, 1.807) is 10.8 Å². The van der Waals surface area contributed by atoms with Crippen molar-refractivity contribution in [3.63, 3.8) is 0 Å². The van der Waals surface area contributed by atoms with Crippen LogP contribution in [0.15, 0.2) is 78.0 Å². The molecule has 3 heterocycles. The maximum absolute atomic E-state index is 12.4. The van der Waals surface area contributed by atoms with Crippen molar-refractivity contribution >= 4 is 22.1 Å². The molecule has 0 aliphatic heterocycles. The van der Waals surface area contributed by atoms with Crippen LogP contribution in [-0.2, 0) is 13.6 Å². The monoisotopic (exact) mass is 367 g/mol. The van der Waals surface area contributed by atoms with Gasteiger partial charge < -0.3 is 0 Å². The highest BCUT2D eigenvalue weighted by atomic mass is 16.1. The summed E-state index contributed by atoms with van der Waals surface area (Å²) in [6, 6.07) is 18.2. The van der Waals surface area contributed by atoms with Crippen molar-refractivity contribution in [2.45, 2.75) is 6.54 Å². The van der Waals surface area contributed by atoms with Gasteiger partial charge in [0.15, 0.2) is 5.65 Å². The minimum absolute atomic E-state index is 0.136. The van der Waals surface area contributed by atoms with Gasteiger partial charge in [-0.3, -0.25) is 14.0 Å². The van der Waals surface area contributed by atoms with Crippen molar-refractivity contribution in [2.24, 2.45) is 7.05 Å². The predicted octanol–water partition coefficient (Wildman–Crippen LogP) is 3.39. The van der Waals surface area contributed by atoms with Crippen molar-refractivity contribution in [1.29, 1.82) is 0 Å². The van der Waals surface area contributed by atoms with Gasteiger partial charge >= 0.3 is 0 Å². The molecule has 6 nitrogen and oxygen atoms in total. The molecule has 28 heavy (non-hydrogen) atoms. The molecule has 0 aliphatic carbocycles. The summed E-state index contributed by atoms with van der Waals surface area (Å²) in [6.07, 6.45) is 5.02. The van der Waals surface area contributed by atoms with Gasteiger partial charge in [-0.15, -0.1) is 0 Å². The van der Waals surface area contributed by atoms with Crippen LogP contribution in [0, 0.1) is 0 Å². The summed E-state index contributed by atoms with van der Waals surface area (Å²) in [4.78, 5) is 20.8. The topological polar surface area (TPSA) is 65.6 Å². The first-order valence-electron chi connectivity index (χ1n) is 9.01. The summed E-state index contributed by atoms with van der Waals surface area (Å²) >= 11 is 0. The molecule has 0 amide bonds. The first-order valence-corrected chi connectivity index (χ1v) is 9.01. The third-order valence-corrected chi connectivity index (χ3v) is 4.84. The Hall–Kier alpha value is -3.80. The Labute approximate surface area is 160 Å². The van der Waals surface area contributed by atoms with Gasteiger partial charge in [0.25, 0.3) is 5.56 Å². The Kier molecular flexibility index (Phi) is 3.76. The Morgan fingerprint density at radius 1 is 0.964 bits per heavy atom. The van der Waals surface area contributed by atoms with E-state index in [1.807, 2.05) is 48.3 Å². The van der Waals surface area contributed by atoms with Crippen LogP contribution in [0.3, 0.4) is 0 Å². The van der Waals surface area contributed by atoms with E-state index < -0.39 is 0 Å². The summed E-state index contributed by atoms with van der Waals surface area (Å²) in [7, 11) is 1.92. The number of pyridine rings is 1. The van der Waals surface area contributed by atoms with Crippen molar-refractivity contribution in [3.05, 3.63) is 89.1 Å². The van der Waals surface area contributed by atoms with E-state index in [0.717, 1.165) is 33.1 Å². The zero-order valence-corrected chi connectivity index (χ0v) is 15.3. The molecule has 0 saturated carbocycles. The van der Waals surface area contributed by atoms with Gasteiger partial charge in [0.05, 0.1) is 23.8 Å². The van der Waals surface area contributed by atoms with E-state index >= 15 is 0 Å². The highest BCUT2D eigenvalue weighted by Crippen LogP contribution is 2.25. The van der Waals surface area contributed by atoms with Gasteiger partial charge in [-0.1, -0.05) is 24.3 Å².